The molecule has 0 aliphatic rings. The molecule has 2 unspecified atom stereocenters. The quantitative estimate of drug-likeness (QED) is 0.0300. The van der Waals surface area contributed by atoms with E-state index in [9.17, 15) is 19.0 Å². The number of hydrogen-bond donors (Lipinski definition) is 1. The fraction of sp³-hybridized carbons (Fsp3) is 0.895. The van der Waals surface area contributed by atoms with Crippen LogP contribution in [0, 0.1) is 0 Å². The summed E-state index contributed by atoms with van der Waals surface area (Å²) in [5.74, 6) is -0.803. The molecule has 0 aromatic heterocycles. The Labute approximate surface area is 289 Å². The largest absolute Gasteiger partial charge is 0.472 e. The molecule has 0 rings (SSSR count). The maximum absolute atomic E-state index is 12.4. The van der Waals surface area contributed by atoms with Gasteiger partial charge in [0.2, 0.25) is 0 Å². The normalized spacial score (nSPS) is 13.5. The predicted octanol–water partition coefficient (Wildman–Crippen LogP) is 11.7. The van der Waals surface area contributed by atoms with Crippen LogP contribution in [0.4, 0.5) is 0 Å². The highest BCUT2D eigenvalue weighted by molar-refractivity contribution is 7.47. The number of hydrogen-bond acceptors (Lipinski definition) is 7. The Kier molecular flexibility index (Phi) is 33.8. The fourth-order valence-electron chi connectivity index (χ4n) is 5.48. The SMILES string of the molecule is CCCCCCCC/C=C\CCCCCCCCCC(=O)OC(COC(=O)CCCCCCCCCCCCC)COP(=O)(O)OC. The van der Waals surface area contributed by atoms with E-state index < -0.39 is 26.5 Å². The number of carbonyl (C=O) groups excluding carboxylic acids is 2. The lowest BCUT2D eigenvalue weighted by molar-refractivity contribution is -0.161. The van der Waals surface area contributed by atoms with Gasteiger partial charge in [-0.25, -0.2) is 4.57 Å². The van der Waals surface area contributed by atoms with Crippen molar-refractivity contribution in [3.63, 3.8) is 0 Å². The number of rotatable bonds is 36. The molecule has 0 saturated carbocycles. The molecule has 0 aromatic rings. The molecular weight excluding hydrogens is 615 g/mol. The summed E-state index contributed by atoms with van der Waals surface area (Å²) < 4.78 is 31.9. The summed E-state index contributed by atoms with van der Waals surface area (Å²) in [6.45, 7) is 3.87. The van der Waals surface area contributed by atoms with Gasteiger partial charge < -0.3 is 14.4 Å². The van der Waals surface area contributed by atoms with Gasteiger partial charge in [0, 0.05) is 20.0 Å². The van der Waals surface area contributed by atoms with E-state index in [4.69, 9.17) is 14.0 Å². The Morgan fingerprint density at radius 1 is 0.574 bits per heavy atom. The summed E-state index contributed by atoms with van der Waals surface area (Å²) in [6, 6.07) is 0. The van der Waals surface area contributed by atoms with E-state index in [-0.39, 0.29) is 19.0 Å². The summed E-state index contributed by atoms with van der Waals surface area (Å²) >= 11 is 0. The lowest BCUT2D eigenvalue weighted by atomic mass is 10.1. The second kappa shape index (κ2) is 34.6. The summed E-state index contributed by atoms with van der Waals surface area (Å²) in [4.78, 5) is 34.3. The van der Waals surface area contributed by atoms with Gasteiger partial charge in [-0.3, -0.25) is 18.6 Å². The molecule has 0 bridgehead atoms. The molecule has 9 heteroatoms. The van der Waals surface area contributed by atoms with Crippen LogP contribution in [0.15, 0.2) is 12.2 Å². The van der Waals surface area contributed by atoms with E-state index in [0.717, 1.165) is 52.1 Å². The molecule has 0 aliphatic heterocycles. The maximum atomic E-state index is 12.4. The maximum Gasteiger partial charge on any atom is 0.472 e. The van der Waals surface area contributed by atoms with Crippen LogP contribution in [0.2, 0.25) is 0 Å². The molecule has 0 heterocycles. The van der Waals surface area contributed by atoms with Gasteiger partial charge in [0.05, 0.1) is 6.61 Å². The Morgan fingerprint density at radius 3 is 1.38 bits per heavy atom. The predicted molar refractivity (Wildman–Crippen MR) is 193 cm³/mol. The standard InChI is InChI=1S/C38H73O8P/c1-4-6-8-10-12-14-16-17-18-19-20-21-23-25-27-29-31-33-38(40)46-36(35-45-47(41,42)43-3)34-44-37(39)32-30-28-26-24-22-15-13-11-9-7-5-2/h17-18,36H,4-16,19-35H2,1-3H3,(H,41,42)/b18-17-. The second-order valence-corrected chi connectivity index (χ2v) is 14.6. The Balaban J connectivity index is 4.02. The molecule has 278 valence electrons. The molecule has 0 radical (unpaired) electrons. The van der Waals surface area contributed by atoms with Gasteiger partial charge in [0.15, 0.2) is 6.10 Å². The van der Waals surface area contributed by atoms with Crippen molar-refractivity contribution in [3.05, 3.63) is 12.2 Å². The van der Waals surface area contributed by atoms with Crippen LogP contribution in [0.25, 0.3) is 0 Å². The van der Waals surface area contributed by atoms with Gasteiger partial charge in [-0.05, 0) is 38.5 Å². The van der Waals surface area contributed by atoms with Gasteiger partial charge in [-0.1, -0.05) is 154 Å². The number of esters is 2. The van der Waals surface area contributed by atoms with Crippen LogP contribution in [0.5, 0.6) is 0 Å². The van der Waals surface area contributed by atoms with Gasteiger partial charge in [0.1, 0.15) is 6.61 Å². The molecule has 0 fully saturated rings. The molecule has 0 saturated heterocycles. The monoisotopic (exact) mass is 689 g/mol. The zero-order valence-electron chi connectivity index (χ0n) is 30.7. The van der Waals surface area contributed by atoms with E-state index in [2.05, 4.69) is 30.5 Å². The zero-order valence-corrected chi connectivity index (χ0v) is 31.6. The first kappa shape index (κ1) is 45.8. The Hall–Kier alpha value is -1.21. The van der Waals surface area contributed by atoms with Crippen molar-refractivity contribution in [1.82, 2.24) is 0 Å². The minimum atomic E-state index is -4.25. The molecule has 0 aliphatic carbocycles. The highest BCUT2D eigenvalue weighted by Gasteiger charge is 2.24. The lowest BCUT2D eigenvalue weighted by Gasteiger charge is -2.19. The second-order valence-electron chi connectivity index (χ2n) is 13.1. The smallest absolute Gasteiger partial charge is 0.462 e. The number of unbranched alkanes of at least 4 members (excludes halogenated alkanes) is 23. The van der Waals surface area contributed by atoms with Crippen molar-refractivity contribution in [2.75, 3.05) is 20.3 Å². The van der Waals surface area contributed by atoms with E-state index in [1.54, 1.807) is 0 Å². The highest BCUT2D eigenvalue weighted by atomic mass is 31.2. The molecule has 0 amide bonds. The third kappa shape index (κ3) is 34.5. The van der Waals surface area contributed by atoms with Crippen molar-refractivity contribution >= 4 is 19.8 Å². The van der Waals surface area contributed by atoms with E-state index >= 15 is 0 Å². The average Bonchev–Trinajstić information content (AvgIpc) is 3.06. The molecule has 1 N–H and O–H groups in total. The summed E-state index contributed by atoms with van der Waals surface area (Å²) in [6.07, 6.45) is 35.4. The van der Waals surface area contributed by atoms with Crippen molar-refractivity contribution in [2.45, 2.75) is 200 Å². The Morgan fingerprint density at radius 2 is 0.957 bits per heavy atom. The number of phosphoric acid groups is 1. The topological polar surface area (TPSA) is 108 Å². The lowest BCUT2D eigenvalue weighted by Crippen LogP contribution is -2.29. The van der Waals surface area contributed by atoms with Crippen LogP contribution in [0.3, 0.4) is 0 Å². The minimum absolute atomic E-state index is 0.222. The minimum Gasteiger partial charge on any atom is -0.462 e. The fourth-order valence-corrected chi connectivity index (χ4v) is 5.94. The number of phosphoric ester groups is 1. The highest BCUT2D eigenvalue weighted by Crippen LogP contribution is 2.42. The van der Waals surface area contributed by atoms with Crippen LogP contribution in [-0.2, 0) is 32.7 Å². The van der Waals surface area contributed by atoms with Gasteiger partial charge in [-0.2, -0.15) is 0 Å². The summed E-state index contributed by atoms with van der Waals surface area (Å²) in [7, 11) is -3.19. The van der Waals surface area contributed by atoms with Gasteiger partial charge >= 0.3 is 19.8 Å². The van der Waals surface area contributed by atoms with Crippen LogP contribution in [0.1, 0.15) is 194 Å². The first-order valence-corrected chi connectivity index (χ1v) is 20.9. The molecule has 2 atom stereocenters. The molecule has 47 heavy (non-hydrogen) atoms. The molecular formula is C38H73O8P. The molecule has 0 aromatic carbocycles. The number of ether oxygens (including phenoxy) is 2. The average molecular weight is 689 g/mol. The summed E-state index contributed by atoms with van der Waals surface area (Å²) in [5.41, 5.74) is 0. The van der Waals surface area contributed by atoms with Crippen LogP contribution < -0.4 is 0 Å². The summed E-state index contributed by atoms with van der Waals surface area (Å²) in [5, 5.41) is 0. The first-order chi connectivity index (χ1) is 22.8. The first-order valence-electron chi connectivity index (χ1n) is 19.4. The number of carbonyl (C=O) groups is 2. The number of allylic oxidation sites excluding steroid dienone is 2. The van der Waals surface area contributed by atoms with Crippen molar-refractivity contribution in [1.29, 1.82) is 0 Å². The van der Waals surface area contributed by atoms with Gasteiger partial charge in [0.25, 0.3) is 0 Å². The van der Waals surface area contributed by atoms with Gasteiger partial charge in [-0.15, -0.1) is 0 Å². The van der Waals surface area contributed by atoms with Crippen molar-refractivity contribution < 1.29 is 37.6 Å². The molecule has 8 nitrogen and oxygen atoms in total. The Bertz CT molecular complexity index is 788. The van der Waals surface area contributed by atoms with E-state index in [1.807, 2.05) is 0 Å². The third-order valence-corrected chi connectivity index (χ3v) is 9.45. The van der Waals surface area contributed by atoms with Crippen LogP contribution in [-0.4, -0.2) is 43.3 Å². The van der Waals surface area contributed by atoms with E-state index in [1.165, 1.54) is 116 Å². The van der Waals surface area contributed by atoms with E-state index in [0.29, 0.717) is 12.8 Å². The zero-order chi connectivity index (χ0) is 34.7. The van der Waals surface area contributed by atoms with Crippen molar-refractivity contribution in [3.8, 4) is 0 Å². The van der Waals surface area contributed by atoms with Crippen LogP contribution >= 0.6 is 7.82 Å². The van der Waals surface area contributed by atoms with Crippen molar-refractivity contribution in [2.24, 2.45) is 0 Å². The molecule has 0 spiro atoms. The third-order valence-electron chi connectivity index (χ3n) is 8.51.